The number of nitrogens with zero attached hydrogens (tertiary/aromatic N) is 4. The second-order valence-electron chi connectivity index (χ2n) is 16.6. The van der Waals surface area contributed by atoms with E-state index in [1.165, 1.54) is 61.0 Å². The first-order chi connectivity index (χ1) is 29.0. The van der Waals surface area contributed by atoms with Crippen LogP contribution in [0.2, 0.25) is 0 Å². The molecule has 0 bridgehead atoms. The Balaban J connectivity index is 1.01. The highest BCUT2D eigenvalue weighted by Crippen LogP contribution is 2.51. The quantitative estimate of drug-likeness (QED) is 0.175. The molecule has 7 aromatic carbocycles. The third-order valence-corrected chi connectivity index (χ3v) is 12.9. The predicted octanol–water partition coefficient (Wildman–Crippen LogP) is 13.6. The summed E-state index contributed by atoms with van der Waals surface area (Å²) in [6.45, 7) is 4.67. The fourth-order valence-corrected chi connectivity index (χ4v) is 10.1. The summed E-state index contributed by atoms with van der Waals surface area (Å²) in [6, 6.07) is 61.8. The van der Waals surface area contributed by atoms with Crippen LogP contribution < -0.4 is 4.90 Å². The van der Waals surface area contributed by atoms with E-state index < -0.39 is 0 Å². The topological polar surface area (TPSA) is 34.0 Å². The molecule has 1 aliphatic heterocycles. The lowest BCUT2D eigenvalue weighted by Crippen LogP contribution is -2.28. The first-order valence-corrected chi connectivity index (χ1v) is 20.6. The number of anilines is 2. The molecule has 4 nitrogen and oxygen atoms in total. The second-order valence-corrected chi connectivity index (χ2v) is 16.6. The van der Waals surface area contributed by atoms with Crippen LogP contribution in [0.1, 0.15) is 36.5 Å². The van der Waals surface area contributed by atoms with Gasteiger partial charge >= 0.3 is 0 Å². The van der Waals surface area contributed by atoms with Crippen molar-refractivity contribution < 1.29 is 0 Å². The van der Waals surface area contributed by atoms with E-state index in [1.54, 1.807) is 0 Å². The van der Waals surface area contributed by atoms with Gasteiger partial charge in [-0.05, 0) is 94.5 Å². The number of fused-ring (bicyclic) bond motifs is 9. The van der Waals surface area contributed by atoms with E-state index in [0.717, 1.165) is 39.6 Å². The highest BCUT2D eigenvalue weighted by Gasteiger charge is 2.38. The van der Waals surface area contributed by atoms with Crippen LogP contribution in [0.25, 0.3) is 72.5 Å². The number of benzene rings is 7. The van der Waals surface area contributed by atoms with Gasteiger partial charge in [0.15, 0.2) is 5.82 Å². The summed E-state index contributed by atoms with van der Waals surface area (Å²) in [6.07, 6.45) is 9.01. The minimum atomic E-state index is -0.119. The molecule has 0 amide bonds. The molecule has 2 unspecified atom stereocenters. The van der Waals surface area contributed by atoms with E-state index in [0.29, 0.717) is 0 Å². The standard InChI is InChI=1S/C55H40N4/c1-55(2)46-20-10-6-16-40(46)41-30-26-36(33-47(41)55)49-34-48(35-24-28-39(29-25-35)59-50-21-11-7-17-42(50)43-18-8-12-22-51(43)59)56-54(57-49)37-27-31-53-45(32-37)44-19-9-13-23-52(44)58(53)38-14-4-3-5-15-38/h3-34,44,52H,1-2H3. The summed E-state index contributed by atoms with van der Waals surface area (Å²) in [5.74, 6) is 0.951. The van der Waals surface area contributed by atoms with Crippen molar-refractivity contribution in [1.82, 2.24) is 14.5 Å². The molecule has 12 rings (SSSR count). The summed E-state index contributed by atoms with van der Waals surface area (Å²) < 4.78 is 2.36. The van der Waals surface area contributed by atoms with Crippen LogP contribution in [-0.2, 0) is 5.41 Å². The van der Waals surface area contributed by atoms with Crippen LogP contribution in [0.3, 0.4) is 0 Å². The van der Waals surface area contributed by atoms with Crippen molar-refractivity contribution >= 4 is 33.2 Å². The number of allylic oxidation sites excluding steroid dienone is 2. The zero-order valence-corrected chi connectivity index (χ0v) is 32.9. The summed E-state index contributed by atoms with van der Waals surface area (Å²) in [5, 5.41) is 2.51. The van der Waals surface area contributed by atoms with Gasteiger partial charge < -0.3 is 9.47 Å². The predicted molar refractivity (Wildman–Crippen MR) is 244 cm³/mol. The van der Waals surface area contributed by atoms with Gasteiger partial charge in [-0.2, -0.15) is 0 Å². The molecule has 2 aromatic heterocycles. The summed E-state index contributed by atoms with van der Waals surface area (Å²) >= 11 is 0. The first-order valence-electron chi connectivity index (χ1n) is 20.6. The van der Waals surface area contributed by atoms with Crippen LogP contribution in [-0.4, -0.2) is 20.6 Å². The van der Waals surface area contributed by atoms with Crippen molar-refractivity contribution in [3.63, 3.8) is 0 Å². The fourth-order valence-electron chi connectivity index (χ4n) is 10.1. The van der Waals surface area contributed by atoms with Crippen LogP contribution in [0, 0.1) is 0 Å². The molecule has 0 N–H and O–H groups in total. The molecule has 9 aromatic rings. The minimum absolute atomic E-state index is 0.119. The summed E-state index contributed by atoms with van der Waals surface area (Å²) in [4.78, 5) is 13.2. The fraction of sp³-hybridized carbons (Fsp3) is 0.0909. The van der Waals surface area contributed by atoms with Crippen LogP contribution in [0.5, 0.6) is 0 Å². The van der Waals surface area contributed by atoms with Crippen molar-refractivity contribution in [2.45, 2.75) is 31.2 Å². The van der Waals surface area contributed by atoms with Crippen molar-refractivity contribution in [2.75, 3.05) is 4.90 Å². The molecule has 2 atom stereocenters. The molecule has 0 fully saturated rings. The Kier molecular flexibility index (Phi) is 7.37. The number of rotatable bonds is 5. The molecule has 0 saturated heterocycles. The molecular weight excluding hydrogens is 717 g/mol. The van der Waals surface area contributed by atoms with Gasteiger partial charge in [0.1, 0.15) is 0 Å². The molecule has 0 spiro atoms. The largest absolute Gasteiger partial charge is 0.333 e. The monoisotopic (exact) mass is 756 g/mol. The van der Waals surface area contributed by atoms with Gasteiger partial charge in [-0.25, -0.2) is 9.97 Å². The second kappa shape index (κ2) is 12.9. The Morgan fingerprint density at radius 2 is 1.12 bits per heavy atom. The average Bonchev–Trinajstić information content (AvgIpc) is 3.89. The van der Waals surface area contributed by atoms with Crippen LogP contribution >= 0.6 is 0 Å². The molecule has 59 heavy (non-hydrogen) atoms. The molecule has 2 aliphatic carbocycles. The zero-order valence-electron chi connectivity index (χ0n) is 32.9. The van der Waals surface area contributed by atoms with Crippen molar-refractivity contribution in [2.24, 2.45) is 0 Å². The third-order valence-electron chi connectivity index (χ3n) is 12.9. The van der Waals surface area contributed by atoms with Crippen molar-refractivity contribution in [1.29, 1.82) is 0 Å². The van der Waals surface area contributed by atoms with Gasteiger partial charge in [-0.15, -0.1) is 0 Å². The number of aromatic nitrogens is 3. The van der Waals surface area contributed by atoms with E-state index in [4.69, 9.17) is 9.97 Å². The zero-order chi connectivity index (χ0) is 39.2. The van der Waals surface area contributed by atoms with Gasteiger partial charge in [0.2, 0.25) is 0 Å². The molecule has 3 aliphatic rings. The van der Waals surface area contributed by atoms with E-state index in [1.807, 2.05) is 0 Å². The highest BCUT2D eigenvalue weighted by molar-refractivity contribution is 6.09. The molecule has 3 heterocycles. The lowest BCUT2D eigenvalue weighted by atomic mass is 9.82. The molecule has 0 saturated carbocycles. The number of para-hydroxylation sites is 3. The maximum absolute atomic E-state index is 5.39. The Hall–Kier alpha value is -7.30. The SMILES string of the molecule is CC1(C)c2ccccc2-c2ccc(-c3cc(-c4ccc(-n5c6ccccc6c6ccccc65)cc4)nc(-c4ccc5c(c4)C4C=CC=CC4N5c4ccccc4)n3)cc21. The lowest BCUT2D eigenvalue weighted by molar-refractivity contribution is 0.660. The first kappa shape index (κ1) is 33.8. The maximum Gasteiger partial charge on any atom is 0.160 e. The maximum atomic E-state index is 5.39. The summed E-state index contributed by atoms with van der Waals surface area (Å²) in [5.41, 5.74) is 17.4. The Bertz CT molecular complexity index is 3150. The van der Waals surface area contributed by atoms with Gasteiger partial charge in [-0.1, -0.05) is 141 Å². The normalized spacial score (nSPS) is 16.9. The van der Waals surface area contributed by atoms with Gasteiger partial charge in [0.05, 0.1) is 28.5 Å². The van der Waals surface area contributed by atoms with Crippen LogP contribution in [0.15, 0.2) is 194 Å². The van der Waals surface area contributed by atoms with E-state index in [-0.39, 0.29) is 17.4 Å². The highest BCUT2D eigenvalue weighted by atomic mass is 15.2. The van der Waals surface area contributed by atoms with Gasteiger partial charge in [-0.3, -0.25) is 0 Å². The Labute approximate surface area is 344 Å². The lowest BCUT2D eigenvalue weighted by Gasteiger charge is -2.28. The van der Waals surface area contributed by atoms with Crippen molar-refractivity contribution in [3.05, 3.63) is 211 Å². The third kappa shape index (κ3) is 5.16. The average molecular weight is 757 g/mol. The molecular formula is C55H40N4. The van der Waals surface area contributed by atoms with Crippen LogP contribution in [0.4, 0.5) is 11.4 Å². The smallest absolute Gasteiger partial charge is 0.160 e. The van der Waals surface area contributed by atoms with Crippen molar-refractivity contribution in [3.8, 4) is 50.7 Å². The molecule has 280 valence electrons. The number of hydrogen-bond acceptors (Lipinski definition) is 3. The number of hydrogen-bond donors (Lipinski definition) is 0. The van der Waals surface area contributed by atoms with E-state index in [9.17, 15) is 0 Å². The molecule has 0 radical (unpaired) electrons. The molecule has 4 heteroatoms. The van der Waals surface area contributed by atoms with Gasteiger partial charge in [0.25, 0.3) is 0 Å². The van der Waals surface area contributed by atoms with E-state index >= 15 is 0 Å². The minimum Gasteiger partial charge on any atom is -0.333 e. The van der Waals surface area contributed by atoms with E-state index in [2.05, 4.69) is 217 Å². The Morgan fingerprint density at radius 1 is 0.492 bits per heavy atom. The Morgan fingerprint density at radius 3 is 1.90 bits per heavy atom. The van der Waals surface area contributed by atoms with Gasteiger partial charge in [0, 0.05) is 55.9 Å². The summed E-state index contributed by atoms with van der Waals surface area (Å²) in [7, 11) is 0.